The number of hydrogen-bond donors (Lipinski definition) is 1. The second kappa shape index (κ2) is 4.20. The molecule has 0 bridgehead atoms. The van der Waals surface area contributed by atoms with Crippen molar-refractivity contribution in [1.82, 2.24) is 0 Å². The monoisotopic (exact) mass is 260 g/mol. The third kappa shape index (κ3) is 2.43. The van der Waals surface area contributed by atoms with Crippen molar-refractivity contribution in [3.63, 3.8) is 0 Å². The number of fused-ring (bicyclic) bond motifs is 1. The molecule has 0 aliphatic heterocycles. The largest absolute Gasteiger partial charge is 0.456 e. The van der Waals surface area contributed by atoms with E-state index in [2.05, 4.69) is 13.8 Å². The molecular weight excluding hydrogens is 243 g/mol. The fourth-order valence-corrected chi connectivity index (χ4v) is 2.85. The Morgan fingerprint density at radius 3 is 2.84 bits per heavy atom. The molecule has 100 valence electrons. The van der Waals surface area contributed by atoms with Gasteiger partial charge in [0, 0.05) is 5.39 Å². The number of allylic oxidation sites excluding steroid dienone is 1. The zero-order valence-electron chi connectivity index (χ0n) is 11.1. The van der Waals surface area contributed by atoms with Gasteiger partial charge in [-0.1, -0.05) is 13.8 Å². The number of rotatable bonds is 1. The van der Waals surface area contributed by atoms with Gasteiger partial charge in [-0.15, -0.1) is 0 Å². The summed E-state index contributed by atoms with van der Waals surface area (Å²) in [6.45, 7) is 4.26. The first-order chi connectivity index (χ1) is 8.93. The van der Waals surface area contributed by atoms with E-state index in [0.717, 1.165) is 29.6 Å². The molecule has 1 N–H and O–H groups in total. The first kappa shape index (κ1) is 12.4. The Bertz CT molecular complexity index is 652. The van der Waals surface area contributed by atoms with Gasteiger partial charge in [-0.05, 0) is 54.2 Å². The summed E-state index contributed by atoms with van der Waals surface area (Å²) in [6, 6.07) is 6.34. The number of halogens is 1. The lowest BCUT2D eigenvalue weighted by atomic mass is 9.75. The molecule has 1 aromatic carbocycles. The molecule has 0 fully saturated rings. The molecule has 0 amide bonds. The number of aliphatic hydroxyl groups is 1. The van der Waals surface area contributed by atoms with Crippen molar-refractivity contribution in [3.05, 3.63) is 41.9 Å². The third-order valence-electron chi connectivity index (χ3n) is 3.62. The molecule has 1 aliphatic carbocycles. The molecular formula is C16H17FO2. The van der Waals surface area contributed by atoms with Crippen molar-refractivity contribution in [2.45, 2.75) is 32.8 Å². The van der Waals surface area contributed by atoms with Crippen LogP contribution in [0.4, 0.5) is 4.39 Å². The summed E-state index contributed by atoms with van der Waals surface area (Å²) < 4.78 is 18.9. The van der Waals surface area contributed by atoms with Crippen LogP contribution in [0.15, 0.2) is 34.8 Å². The molecule has 2 nitrogen and oxygen atoms in total. The van der Waals surface area contributed by atoms with E-state index in [9.17, 15) is 9.50 Å². The van der Waals surface area contributed by atoms with E-state index >= 15 is 0 Å². The normalized spacial score (nSPS) is 22.5. The van der Waals surface area contributed by atoms with Crippen LogP contribution in [0.2, 0.25) is 0 Å². The van der Waals surface area contributed by atoms with Gasteiger partial charge in [-0.25, -0.2) is 4.39 Å². The van der Waals surface area contributed by atoms with Gasteiger partial charge in [0.15, 0.2) is 0 Å². The Morgan fingerprint density at radius 1 is 1.32 bits per heavy atom. The molecule has 3 heteroatoms. The molecule has 1 heterocycles. The molecule has 1 atom stereocenters. The van der Waals surface area contributed by atoms with Crippen LogP contribution in [0.5, 0.6) is 0 Å². The number of hydrogen-bond acceptors (Lipinski definition) is 2. The van der Waals surface area contributed by atoms with Crippen LogP contribution in [0, 0.1) is 11.2 Å². The van der Waals surface area contributed by atoms with Crippen LogP contribution in [0.1, 0.15) is 32.4 Å². The highest BCUT2D eigenvalue weighted by atomic mass is 19.1. The Morgan fingerprint density at radius 2 is 2.11 bits per heavy atom. The van der Waals surface area contributed by atoms with E-state index in [1.165, 1.54) is 12.1 Å². The lowest BCUT2D eigenvalue weighted by Crippen LogP contribution is -2.24. The fraction of sp³-hybridized carbons (Fsp3) is 0.375. The SMILES string of the molecule is CC1(C)CC(c2cc3cc(F)ccc3o2)=CC(O)C1. The summed E-state index contributed by atoms with van der Waals surface area (Å²) in [5.74, 6) is 0.463. The second-order valence-corrected chi connectivity index (χ2v) is 6.10. The van der Waals surface area contributed by atoms with E-state index in [4.69, 9.17) is 4.42 Å². The molecule has 0 saturated carbocycles. The Hall–Kier alpha value is -1.61. The van der Waals surface area contributed by atoms with Gasteiger partial charge in [0.05, 0.1) is 6.10 Å². The van der Waals surface area contributed by atoms with Crippen LogP contribution in [-0.2, 0) is 0 Å². The smallest absolute Gasteiger partial charge is 0.135 e. The molecule has 2 aromatic rings. The van der Waals surface area contributed by atoms with Crippen molar-refractivity contribution in [3.8, 4) is 0 Å². The van der Waals surface area contributed by atoms with Crippen LogP contribution in [-0.4, -0.2) is 11.2 Å². The van der Waals surface area contributed by atoms with Gasteiger partial charge in [-0.2, -0.15) is 0 Å². The highest BCUT2D eigenvalue weighted by molar-refractivity contribution is 5.82. The first-order valence-electron chi connectivity index (χ1n) is 6.51. The number of aliphatic hydroxyl groups excluding tert-OH is 1. The minimum absolute atomic E-state index is 0.0493. The van der Waals surface area contributed by atoms with Gasteiger partial charge >= 0.3 is 0 Å². The summed E-state index contributed by atoms with van der Waals surface area (Å²) in [5.41, 5.74) is 1.73. The molecule has 19 heavy (non-hydrogen) atoms. The van der Waals surface area contributed by atoms with Crippen molar-refractivity contribution < 1.29 is 13.9 Å². The van der Waals surface area contributed by atoms with E-state index < -0.39 is 6.10 Å². The van der Waals surface area contributed by atoms with Crippen LogP contribution in [0.3, 0.4) is 0 Å². The Labute approximate surface area is 111 Å². The minimum Gasteiger partial charge on any atom is -0.456 e. The quantitative estimate of drug-likeness (QED) is 0.836. The summed E-state index contributed by atoms with van der Waals surface area (Å²) in [4.78, 5) is 0. The van der Waals surface area contributed by atoms with Gasteiger partial charge < -0.3 is 9.52 Å². The molecule has 0 spiro atoms. The van der Waals surface area contributed by atoms with E-state index in [-0.39, 0.29) is 11.2 Å². The minimum atomic E-state index is -0.441. The van der Waals surface area contributed by atoms with Gasteiger partial charge in [-0.3, -0.25) is 0 Å². The summed E-state index contributed by atoms with van der Waals surface area (Å²) >= 11 is 0. The molecule has 0 radical (unpaired) electrons. The maximum Gasteiger partial charge on any atom is 0.135 e. The Balaban J connectivity index is 2.04. The first-order valence-corrected chi connectivity index (χ1v) is 6.51. The van der Waals surface area contributed by atoms with Crippen molar-refractivity contribution >= 4 is 16.5 Å². The zero-order valence-corrected chi connectivity index (χ0v) is 11.1. The predicted octanol–water partition coefficient (Wildman–Crippen LogP) is 4.14. The third-order valence-corrected chi connectivity index (χ3v) is 3.62. The van der Waals surface area contributed by atoms with Gasteiger partial charge in [0.1, 0.15) is 17.2 Å². The maximum atomic E-state index is 13.2. The van der Waals surface area contributed by atoms with Crippen molar-refractivity contribution in [2.75, 3.05) is 0 Å². The lowest BCUT2D eigenvalue weighted by molar-refractivity contribution is 0.145. The van der Waals surface area contributed by atoms with Crippen LogP contribution >= 0.6 is 0 Å². The van der Waals surface area contributed by atoms with Crippen molar-refractivity contribution in [2.24, 2.45) is 5.41 Å². The maximum absolute atomic E-state index is 13.2. The standard InChI is InChI=1S/C16H17FO2/c1-16(2)8-11(6-13(18)9-16)15-7-10-5-12(17)3-4-14(10)19-15/h3-7,13,18H,8-9H2,1-2H3. The molecule has 1 aromatic heterocycles. The van der Waals surface area contributed by atoms with E-state index in [1.807, 2.05) is 12.1 Å². The van der Waals surface area contributed by atoms with E-state index in [1.54, 1.807) is 6.07 Å². The highest BCUT2D eigenvalue weighted by Crippen LogP contribution is 2.40. The summed E-state index contributed by atoms with van der Waals surface area (Å²) in [5, 5.41) is 10.7. The second-order valence-electron chi connectivity index (χ2n) is 6.10. The number of benzene rings is 1. The van der Waals surface area contributed by atoms with Gasteiger partial charge in [0.2, 0.25) is 0 Å². The topological polar surface area (TPSA) is 33.4 Å². The number of furan rings is 1. The predicted molar refractivity (Wildman–Crippen MR) is 73.2 cm³/mol. The lowest BCUT2D eigenvalue weighted by Gasteiger charge is -2.31. The van der Waals surface area contributed by atoms with Crippen LogP contribution < -0.4 is 0 Å². The molecule has 1 aliphatic rings. The average molecular weight is 260 g/mol. The average Bonchev–Trinajstić information content (AvgIpc) is 2.69. The molecule has 3 rings (SSSR count). The van der Waals surface area contributed by atoms with Gasteiger partial charge in [0.25, 0.3) is 0 Å². The fourth-order valence-electron chi connectivity index (χ4n) is 2.85. The van der Waals surface area contributed by atoms with Crippen LogP contribution in [0.25, 0.3) is 16.5 Å². The highest BCUT2D eigenvalue weighted by Gasteiger charge is 2.29. The molecule has 0 saturated heterocycles. The van der Waals surface area contributed by atoms with Crippen molar-refractivity contribution in [1.29, 1.82) is 0 Å². The Kier molecular flexibility index (Phi) is 2.75. The zero-order chi connectivity index (χ0) is 13.6. The van der Waals surface area contributed by atoms with E-state index in [0.29, 0.717) is 5.58 Å². The molecule has 1 unspecified atom stereocenters. The summed E-state index contributed by atoms with van der Waals surface area (Å²) in [6.07, 6.45) is 3.01. The summed E-state index contributed by atoms with van der Waals surface area (Å²) in [7, 11) is 0.